The molecule has 2 atom stereocenters. The molecule has 4 nitrogen and oxygen atoms in total. The molecule has 5 heteroatoms. The van der Waals surface area contributed by atoms with E-state index >= 15 is 0 Å². The Hall–Kier alpha value is -0.720. The third kappa shape index (κ3) is 3.90. The fourth-order valence-corrected chi connectivity index (χ4v) is 1.93. The fraction of sp³-hybridized carbons (Fsp3) is 0.615. The van der Waals surface area contributed by atoms with Crippen LogP contribution in [0.15, 0.2) is 15.5 Å². The summed E-state index contributed by atoms with van der Waals surface area (Å²) in [5, 5.41) is 6.71. The lowest BCUT2D eigenvalue weighted by Gasteiger charge is -2.10. The highest BCUT2D eigenvalue weighted by atomic mass is 127. The zero-order valence-electron chi connectivity index (χ0n) is 11.4. The number of hydrogen-bond acceptors (Lipinski definition) is 2. The zero-order valence-corrected chi connectivity index (χ0v) is 13.7. The lowest BCUT2D eigenvalue weighted by atomic mass is 10.2. The molecule has 0 bridgehead atoms. The van der Waals surface area contributed by atoms with Gasteiger partial charge in [-0.15, -0.1) is 24.0 Å². The first-order valence-corrected chi connectivity index (χ1v) is 6.13. The Morgan fingerprint density at radius 1 is 1.50 bits per heavy atom. The molecular weight excluding hydrogens is 341 g/mol. The van der Waals surface area contributed by atoms with E-state index < -0.39 is 0 Å². The number of furan rings is 1. The van der Waals surface area contributed by atoms with Crippen molar-refractivity contribution in [2.75, 3.05) is 7.05 Å². The van der Waals surface area contributed by atoms with Crippen LogP contribution in [0.2, 0.25) is 0 Å². The molecule has 0 spiro atoms. The van der Waals surface area contributed by atoms with Crippen molar-refractivity contribution < 1.29 is 4.42 Å². The molecule has 1 heterocycles. The molecule has 18 heavy (non-hydrogen) atoms. The van der Waals surface area contributed by atoms with Gasteiger partial charge in [0.2, 0.25) is 0 Å². The molecule has 1 fully saturated rings. The number of nitrogens with zero attached hydrogens (tertiary/aromatic N) is 1. The van der Waals surface area contributed by atoms with E-state index in [-0.39, 0.29) is 24.0 Å². The van der Waals surface area contributed by atoms with Crippen molar-refractivity contribution in [3.8, 4) is 0 Å². The van der Waals surface area contributed by atoms with Gasteiger partial charge >= 0.3 is 0 Å². The second kappa shape index (κ2) is 6.45. The SMILES string of the molecule is CN=C(NCc1cc(C)oc1C)NC1CC1C.I. The third-order valence-electron chi connectivity index (χ3n) is 3.25. The van der Waals surface area contributed by atoms with Crippen molar-refractivity contribution in [3.05, 3.63) is 23.2 Å². The van der Waals surface area contributed by atoms with Crippen molar-refractivity contribution in [2.24, 2.45) is 10.9 Å². The predicted octanol–water partition coefficient (Wildman–Crippen LogP) is 2.59. The van der Waals surface area contributed by atoms with Crippen molar-refractivity contribution in [1.29, 1.82) is 0 Å². The summed E-state index contributed by atoms with van der Waals surface area (Å²) in [4.78, 5) is 4.22. The van der Waals surface area contributed by atoms with Gasteiger partial charge in [-0.25, -0.2) is 0 Å². The van der Waals surface area contributed by atoms with Gasteiger partial charge in [0.1, 0.15) is 11.5 Å². The number of rotatable bonds is 3. The topological polar surface area (TPSA) is 49.6 Å². The molecule has 0 saturated heterocycles. The summed E-state index contributed by atoms with van der Waals surface area (Å²) < 4.78 is 5.49. The molecule has 1 aliphatic carbocycles. The van der Waals surface area contributed by atoms with Gasteiger partial charge in [-0.2, -0.15) is 0 Å². The summed E-state index contributed by atoms with van der Waals surface area (Å²) >= 11 is 0. The monoisotopic (exact) mass is 363 g/mol. The van der Waals surface area contributed by atoms with Gasteiger partial charge in [-0.1, -0.05) is 6.92 Å². The molecule has 1 saturated carbocycles. The Bertz CT molecular complexity index is 428. The minimum atomic E-state index is 0. The summed E-state index contributed by atoms with van der Waals surface area (Å²) in [7, 11) is 1.80. The van der Waals surface area contributed by atoms with Crippen LogP contribution in [0.25, 0.3) is 0 Å². The van der Waals surface area contributed by atoms with Gasteiger partial charge in [-0.05, 0) is 32.3 Å². The third-order valence-corrected chi connectivity index (χ3v) is 3.25. The van der Waals surface area contributed by atoms with Crippen LogP contribution in [0, 0.1) is 19.8 Å². The molecule has 0 radical (unpaired) electrons. The Kier molecular flexibility index (Phi) is 5.49. The number of hydrogen-bond donors (Lipinski definition) is 2. The van der Waals surface area contributed by atoms with E-state index in [4.69, 9.17) is 4.42 Å². The van der Waals surface area contributed by atoms with Crippen LogP contribution in [0.4, 0.5) is 0 Å². The van der Waals surface area contributed by atoms with Gasteiger partial charge in [0, 0.05) is 25.2 Å². The van der Waals surface area contributed by atoms with E-state index in [1.54, 1.807) is 7.05 Å². The quantitative estimate of drug-likeness (QED) is 0.493. The van der Waals surface area contributed by atoms with E-state index in [1.165, 1.54) is 12.0 Å². The standard InChI is InChI=1S/C13H21N3O.HI/c1-8-5-12(8)16-13(14-4)15-7-11-6-9(2)17-10(11)3;/h6,8,12H,5,7H2,1-4H3,(H2,14,15,16);1H. The Labute approximate surface area is 126 Å². The first-order valence-electron chi connectivity index (χ1n) is 6.13. The summed E-state index contributed by atoms with van der Waals surface area (Å²) in [5.41, 5.74) is 1.19. The van der Waals surface area contributed by atoms with Crippen molar-refractivity contribution in [3.63, 3.8) is 0 Å². The Balaban J connectivity index is 0.00000162. The molecular formula is C13H22IN3O. The van der Waals surface area contributed by atoms with E-state index in [2.05, 4.69) is 28.6 Å². The maximum Gasteiger partial charge on any atom is 0.191 e. The summed E-state index contributed by atoms with van der Waals surface area (Å²) in [5.74, 6) is 3.58. The molecule has 1 aromatic heterocycles. The lowest BCUT2D eigenvalue weighted by molar-refractivity contribution is 0.500. The second-order valence-electron chi connectivity index (χ2n) is 4.83. The highest BCUT2D eigenvalue weighted by molar-refractivity contribution is 14.0. The maximum absolute atomic E-state index is 5.49. The average molecular weight is 363 g/mol. The molecule has 2 rings (SSSR count). The lowest BCUT2D eigenvalue weighted by Crippen LogP contribution is -2.38. The summed E-state index contributed by atoms with van der Waals surface area (Å²) in [6.07, 6.45) is 1.24. The van der Waals surface area contributed by atoms with Gasteiger partial charge in [0.25, 0.3) is 0 Å². The average Bonchev–Trinajstić information content (AvgIpc) is 2.87. The smallest absolute Gasteiger partial charge is 0.191 e. The van der Waals surface area contributed by atoms with Crippen molar-refractivity contribution in [2.45, 2.75) is 39.8 Å². The van der Waals surface area contributed by atoms with Crippen LogP contribution >= 0.6 is 24.0 Å². The Morgan fingerprint density at radius 2 is 2.17 bits per heavy atom. The van der Waals surface area contributed by atoms with E-state index in [9.17, 15) is 0 Å². The van der Waals surface area contributed by atoms with E-state index in [0.29, 0.717) is 6.04 Å². The van der Waals surface area contributed by atoms with Crippen LogP contribution in [-0.2, 0) is 6.54 Å². The Morgan fingerprint density at radius 3 is 2.61 bits per heavy atom. The molecule has 102 valence electrons. The highest BCUT2D eigenvalue weighted by Gasteiger charge is 2.33. The van der Waals surface area contributed by atoms with Gasteiger partial charge < -0.3 is 15.1 Å². The van der Waals surface area contributed by atoms with Crippen LogP contribution < -0.4 is 10.6 Å². The van der Waals surface area contributed by atoms with Crippen LogP contribution in [0.1, 0.15) is 30.4 Å². The number of halogens is 1. The first kappa shape index (κ1) is 15.3. The summed E-state index contributed by atoms with van der Waals surface area (Å²) in [6, 6.07) is 2.66. The molecule has 0 aliphatic heterocycles. The van der Waals surface area contributed by atoms with Crippen LogP contribution in [0.5, 0.6) is 0 Å². The summed E-state index contributed by atoms with van der Waals surface area (Å²) in [6.45, 7) is 6.96. The molecule has 0 amide bonds. The number of guanidine groups is 1. The number of aliphatic imine (C=N–C) groups is 1. The highest BCUT2D eigenvalue weighted by Crippen LogP contribution is 2.28. The maximum atomic E-state index is 5.49. The van der Waals surface area contributed by atoms with Gasteiger partial charge in [0.05, 0.1) is 0 Å². The molecule has 2 unspecified atom stereocenters. The van der Waals surface area contributed by atoms with Gasteiger partial charge in [0.15, 0.2) is 5.96 Å². The first-order chi connectivity index (χ1) is 8.10. The number of nitrogens with one attached hydrogen (secondary N) is 2. The fourth-order valence-electron chi connectivity index (χ4n) is 1.93. The minimum absolute atomic E-state index is 0. The number of aryl methyl sites for hydroxylation is 2. The predicted molar refractivity (Wildman–Crippen MR) is 84.5 cm³/mol. The van der Waals surface area contributed by atoms with Crippen molar-refractivity contribution >= 4 is 29.9 Å². The molecule has 1 aliphatic rings. The van der Waals surface area contributed by atoms with Crippen LogP contribution in [0.3, 0.4) is 0 Å². The zero-order chi connectivity index (χ0) is 12.4. The molecule has 1 aromatic rings. The minimum Gasteiger partial charge on any atom is -0.466 e. The second-order valence-corrected chi connectivity index (χ2v) is 4.83. The molecule has 2 N–H and O–H groups in total. The van der Waals surface area contributed by atoms with Crippen LogP contribution in [-0.4, -0.2) is 19.0 Å². The van der Waals surface area contributed by atoms with Gasteiger partial charge in [-0.3, -0.25) is 4.99 Å². The largest absolute Gasteiger partial charge is 0.466 e. The van der Waals surface area contributed by atoms with E-state index in [0.717, 1.165) is 29.9 Å². The molecule has 0 aromatic carbocycles. The van der Waals surface area contributed by atoms with E-state index in [1.807, 2.05) is 13.8 Å². The normalized spacial score (nSPS) is 22.3. The van der Waals surface area contributed by atoms with Crippen molar-refractivity contribution in [1.82, 2.24) is 10.6 Å².